The third kappa shape index (κ3) is 3.56. The molecule has 1 N–H and O–H groups in total. The lowest BCUT2D eigenvalue weighted by Crippen LogP contribution is -2.27. The summed E-state index contributed by atoms with van der Waals surface area (Å²) in [6, 6.07) is 1.15. The lowest BCUT2D eigenvalue weighted by atomic mass is 9.95. The van der Waals surface area contributed by atoms with Crippen LogP contribution in [0.2, 0.25) is 0 Å². The Morgan fingerprint density at radius 3 is 2.50 bits per heavy atom. The summed E-state index contributed by atoms with van der Waals surface area (Å²) >= 11 is 0. The van der Waals surface area contributed by atoms with E-state index >= 15 is 0 Å². The average molecular weight is 277 g/mol. The van der Waals surface area contributed by atoms with Crippen LogP contribution in [0.5, 0.6) is 0 Å². The first kappa shape index (κ1) is 15.4. The molecule has 3 nitrogen and oxygen atoms in total. The van der Waals surface area contributed by atoms with E-state index in [9.17, 15) is 0 Å². The molecule has 1 unspecified atom stereocenters. The molecular weight excluding hydrogens is 246 g/mol. The van der Waals surface area contributed by atoms with E-state index in [2.05, 4.69) is 43.8 Å². The second-order valence-electron chi connectivity index (χ2n) is 6.41. The standard InChI is InChI=1S/C17H31N3/c1-5-15(6-2)14(4)19-17-18-13(3)12-20(17)16-10-8-7-9-11-16/h12,14-16H,5-11H2,1-4H3,(H,18,19). The number of rotatable bonds is 6. The molecule has 0 spiro atoms. The smallest absolute Gasteiger partial charge is 0.203 e. The highest BCUT2D eigenvalue weighted by Gasteiger charge is 2.21. The van der Waals surface area contributed by atoms with Crippen molar-refractivity contribution in [1.82, 2.24) is 9.55 Å². The van der Waals surface area contributed by atoms with Crippen molar-refractivity contribution in [3.05, 3.63) is 11.9 Å². The molecule has 0 aliphatic heterocycles. The number of aryl methyl sites for hydroxylation is 1. The number of nitrogens with one attached hydrogen (secondary N) is 1. The van der Waals surface area contributed by atoms with Crippen molar-refractivity contribution < 1.29 is 0 Å². The van der Waals surface area contributed by atoms with E-state index in [0.29, 0.717) is 12.1 Å². The van der Waals surface area contributed by atoms with Gasteiger partial charge in [-0.3, -0.25) is 0 Å². The summed E-state index contributed by atoms with van der Waals surface area (Å²) in [4.78, 5) is 4.73. The van der Waals surface area contributed by atoms with E-state index in [4.69, 9.17) is 4.98 Å². The topological polar surface area (TPSA) is 29.9 Å². The van der Waals surface area contributed by atoms with Gasteiger partial charge in [-0.2, -0.15) is 0 Å². The zero-order valence-electron chi connectivity index (χ0n) is 13.7. The predicted molar refractivity (Wildman–Crippen MR) is 86.2 cm³/mol. The number of imidazole rings is 1. The van der Waals surface area contributed by atoms with Crippen LogP contribution in [0.3, 0.4) is 0 Å². The number of aromatic nitrogens is 2. The summed E-state index contributed by atoms with van der Waals surface area (Å²) in [6.07, 6.45) is 11.4. The molecule has 3 heteroatoms. The van der Waals surface area contributed by atoms with Gasteiger partial charge >= 0.3 is 0 Å². The summed E-state index contributed by atoms with van der Waals surface area (Å²) in [5.74, 6) is 1.82. The van der Waals surface area contributed by atoms with Crippen LogP contribution in [0.1, 0.15) is 77.5 Å². The molecule has 0 amide bonds. The quantitative estimate of drug-likeness (QED) is 0.798. The van der Waals surface area contributed by atoms with Crippen LogP contribution in [0.15, 0.2) is 6.20 Å². The fourth-order valence-corrected chi connectivity index (χ4v) is 3.58. The maximum Gasteiger partial charge on any atom is 0.203 e. The van der Waals surface area contributed by atoms with Gasteiger partial charge in [0.15, 0.2) is 0 Å². The van der Waals surface area contributed by atoms with E-state index in [0.717, 1.165) is 17.6 Å². The third-order valence-corrected chi connectivity index (χ3v) is 4.93. The van der Waals surface area contributed by atoms with Gasteiger partial charge < -0.3 is 9.88 Å². The Morgan fingerprint density at radius 1 is 1.25 bits per heavy atom. The lowest BCUT2D eigenvalue weighted by molar-refractivity contribution is 0.353. The van der Waals surface area contributed by atoms with Crippen LogP contribution in [0.4, 0.5) is 5.95 Å². The van der Waals surface area contributed by atoms with Crippen molar-refractivity contribution in [3.63, 3.8) is 0 Å². The molecule has 1 atom stereocenters. The van der Waals surface area contributed by atoms with E-state index < -0.39 is 0 Å². The summed E-state index contributed by atoms with van der Waals surface area (Å²) < 4.78 is 2.41. The second kappa shape index (κ2) is 7.14. The fraction of sp³-hybridized carbons (Fsp3) is 0.824. The Balaban J connectivity index is 2.10. The van der Waals surface area contributed by atoms with Gasteiger partial charge in [-0.1, -0.05) is 46.0 Å². The maximum atomic E-state index is 4.73. The van der Waals surface area contributed by atoms with Gasteiger partial charge in [0.05, 0.1) is 5.69 Å². The molecule has 114 valence electrons. The first-order valence-electron chi connectivity index (χ1n) is 8.47. The maximum absolute atomic E-state index is 4.73. The summed E-state index contributed by atoms with van der Waals surface area (Å²) in [5.41, 5.74) is 1.13. The highest BCUT2D eigenvalue weighted by atomic mass is 15.2. The molecule has 2 rings (SSSR count). The summed E-state index contributed by atoms with van der Waals surface area (Å²) in [5, 5.41) is 3.68. The lowest BCUT2D eigenvalue weighted by Gasteiger charge is -2.28. The fourth-order valence-electron chi connectivity index (χ4n) is 3.58. The van der Waals surface area contributed by atoms with E-state index in [1.54, 1.807) is 0 Å². The zero-order chi connectivity index (χ0) is 14.5. The number of hydrogen-bond donors (Lipinski definition) is 1. The molecule has 1 fully saturated rings. The Labute approximate surface area is 124 Å². The van der Waals surface area contributed by atoms with Crippen molar-refractivity contribution in [1.29, 1.82) is 0 Å². The van der Waals surface area contributed by atoms with Crippen LogP contribution in [0, 0.1) is 12.8 Å². The summed E-state index contributed by atoms with van der Waals surface area (Å²) in [7, 11) is 0. The van der Waals surface area contributed by atoms with Crippen LogP contribution >= 0.6 is 0 Å². The minimum atomic E-state index is 0.495. The molecule has 0 aromatic carbocycles. The molecule has 1 aliphatic rings. The Kier molecular flexibility index (Phi) is 5.50. The highest BCUT2D eigenvalue weighted by Crippen LogP contribution is 2.31. The first-order chi connectivity index (χ1) is 9.65. The molecule has 20 heavy (non-hydrogen) atoms. The molecule has 0 saturated heterocycles. The van der Waals surface area contributed by atoms with Gasteiger partial charge in [0.1, 0.15) is 0 Å². The van der Waals surface area contributed by atoms with Gasteiger partial charge in [0, 0.05) is 18.3 Å². The third-order valence-electron chi connectivity index (χ3n) is 4.93. The highest BCUT2D eigenvalue weighted by molar-refractivity contribution is 5.31. The minimum absolute atomic E-state index is 0.495. The minimum Gasteiger partial charge on any atom is -0.353 e. The SMILES string of the molecule is CCC(CC)C(C)Nc1nc(C)cn1C1CCCCC1. The van der Waals surface area contributed by atoms with Crippen molar-refractivity contribution in [2.24, 2.45) is 5.92 Å². The molecule has 1 aromatic rings. The molecule has 1 saturated carbocycles. The van der Waals surface area contributed by atoms with Crippen molar-refractivity contribution in [2.45, 2.75) is 84.7 Å². The zero-order valence-corrected chi connectivity index (χ0v) is 13.7. The normalized spacial score (nSPS) is 18.4. The van der Waals surface area contributed by atoms with Gasteiger partial charge in [0.25, 0.3) is 0 Å². The Morgan fingerprint density at radius 2 is 1.90 bits per heavy atom. The van der Waals surface area contributed by atoms with E-state index in [1.165, 1.54) is 44.9 Å². The molecule has 1 heterocycles. The van der Waals surface area contributed by atoms with Crippen LogP contribution in [0.25, 0.3) is 0 Å². The Bertz CT molecular complexity index is 400. The molecular formula is C17H31N3. The van der Waals surface area contributed by atoms with Gasteiger partial charge in [-0.05, 0) is 32.6 Å². The van der Waals surface area contributed by atoms with E-state index in [-0.39, 0.29) is 0 Å². The van der Waals surface area contributed by atoms with Gasteiger partial charge in [0.2, 0.25) is 5.95 Å². The number of anilines is 1. The van der Waals surface area contributed by atoms with Crippen molar-refractivity contribution in [3.8, 4) is 0 Å². The predicted octanol–water partition coefficient (Wildman–Crippen LogP) is 4.93. The van der Waals surface area contributed by atoms with Crippen LogP contribution < -0.4 is 5.32 Å². The Hall–Kier alpha value is -0.990. The molecule has 0 bridgehead atoms. The molecule has 1 aromatic heterocycles. The van der Waals surface area contributed by atoms with Crippen LogP contribution in [-0.4, -0.2) is 15.6 Å². The van der Waals surface area contributed by atoms with Crippen molar-refractivity contribution >= 4 is 5.95 Å². The van der Waals surface area contributed by atoms with Gasteiger partial charge in [-0.25, -0.2) is 4.98 Å². The molecule has 1 aliphatic carbocycles. The second-order valence-corrected chi connectivity index (χ2v) is 6.41. The average Bonchev–Trinajstić information content (AvgIpc) is 2.82. The van der Waals surface area contributed by atoms with E-state index in [1.807, 2.05) is 0 Å². The number of hydrogen-bond acceptors (Lipinski definition) is 2. The van der Waals surface area contributed by atoms with Crippen LogP contribution in [-0.2, 0) is 0 Å². The monoisotopic (exact) mass is 277 g/mol. The number of nitrogens with zero attached hydrogens (tertiary/aromatic N) is 2. The van der Waals surface area contributed by atoms with Gasteiger partial charge in [-0.15, -0.1) is 0 Å². The summed E-state index contributed by atoms with van der Waals surface area (Å²) in [6.45, 7) is 8.97. The van der Waals surface area contributed by atoms with Crippen molar-refractivity contribution in [2.75, 3.05) is 5.32 Å². The largest absolute Gasteiger partial charge is 0.353 e. The molecule has 0 radical (unpaired) electrons. The first-order valence-corrected chi connectivity index (χ1v) is 8.47.